The number of aliphatic carboxylic acids is 1. The van der Waals surface area contributed by atoms with Crippen molar-refractivity contribution in [1.82, 2.24) is 0 Å². The number of rotatable bonds is 11. The first-order chi connectivity index (χ1) is 17.9. The monoisotopic (exact) mass is 532 g/mol. The summed E-state index contributed by atoms with van der Waals surface area (Å²) in [6.07, 6.45) is -5.75. The minimum Gasteiger partial charge on any atom is -0.478 e. The number of carbonyl (C=O) groups excluding carboxylic acids is 1. The molecule has 0 aromatic heterocycles. The van der Waals surface area contributed by atoms with Gasteiger partial charge in [0.2, 0.25) is 0 Å². The first kappa shape index (κ1) is 28.0. The van der Waals surface area contributed by atoms with Gasteiger partial charge >= 0.3 is 24.5 Å². The second-order valence-electron chi connectivity index (χ2n) is 8.23. The van der Waals surface area contributed by atoms with Crippen molar-refractivity contribution in [2.24, 2.45) is 0 Å². The Morgan fingerprint density at radius 1 is 0.947 bits per heavy atom. The second-order valence-corrected chi connectivity index (χ2v) is 8.23. The van der Waals surface area contributed by atoms with Crippen LogP contribution in [-0.4, -0.2) is 29.6 Å². The average Bonchev–Trinajstić information content (AvgIpc) is 2.85. The zero-order valence-electron chi connectivity index (χ0n) is 19.9. The van der Waals surface area contributed by atoms with Crippen molar-refractivity contribution in [3.8, 4) is 11.5 Å². The van der Waals surface area contributed by atoms with Gasteiger partial charge in [-0.25, -0.2) is 9.59 Å². The average molecular weight is 532 g/mol. The molecule has 0 amide bonds. The minimum absolute atomic E-state index is 0.0309. The van der Waals surface area contributed by atoms with Gasteiger partial charge in [0.15, 0.2) is 0 Å². The third-order valence-electron chi connectivity index (χ3n) is 5.37. The Bertz CT molecular complexity index is 1310. The molecule has 0 unspecified atom stereocenters. The third-order valence-corrected chi connectivity index (χ3v) is 5.37. The molecule has 0 aliphatic heterocycles. The summed E-state index contributed by atoms with van der Waals surface area (Å²) >= 11 is 0. The number of halogens is 4. The van der Waals surface area contributed by atoms with Crippen LogP contribution in [0.1, 0.15) is 34.3 Å². The molecular weight excluding hydrogens is 508 g/mol. The number of aryl methyl sites for hydroxylation is 1. The normalized spacial score (nSPS) is 11.9. The van der Waals surface area contributed by atoms with E-state index in [2.05, 4.69) is 4.74 Å². The van der Waals surface area contributed by atoms with Crippen LogP contribution in [0.2, 0.25) is 0 Å². The molecule has 3 aromatic rings. The maximum Gasteiger partial charge on any atom is 0.461 e. The molecule has 3 rings (SSSR count). The molecule has 0 aliphatic carbocycles. The molecule has 0 radical (unpaired) electrons. The quantitative estimate of drug-likeness (QED) is 0.0937. The van der Waals surface area contributed by atoms with Crippen LogP contribution in [-0.2, 0) is 11.2 Å². The standard InChI is InChI=1S/C27H24F4N2O5/c28-26(29)27(30,31)38-22-12-7-18(8-13-22)25(36)37-21-10-4-16(5-11-21)14-19(24(34)35)3-1-2-17-6-9-20(32)15-23(17)33/h4-15,26H,1-3,32-33H2,(H,34,35)/b19-14+. The number of alkyl halides is 4. The van der Waals surface area contributed by atoms with Gasteiger partial charge < -0.3 is 26.0 Å². The highest BCUT2D eigenvalue weighted by Crippen LogP contribution is 2.28. The van der Waals surface area contributed by atoms with E-state index in [-0.39, 0.29) is 16.9 Å². The summed E-state index contributed by atoms with van der Waals surface area (Å²) in [6.45, 7) is 0. The summed E-state index contributed by atoms with van der Waals surface area (Å²) in [5, 5.41) is 9.56. The fourth-order valence-electron chi connectivity index (χ4n) is 3.41. The lowest BCUT2D eigenvalue weighted by Crippen LogP contribution is -2.33. The van der Waals surface area contributed by atoms with Gasteiger partial charge in [-0.3, -0.25) is 0 Å². The fourth-order valence-corrected chi connectivity index (χ4v) is 3.41. The van der Waals surface area contributed by atoms with Crippen molar-refractivity contribution in [2.45, 2.75) is 31.8 Å². The van der Waals surface area contributed by atoms with Crippen LogP contribution >= 0.6 is 0 Å². The van der Waals surface area contributed by atoms with Gasteiger partial charge in [-0.05, 0) is 85.0 Å². The molecule has 0 heterocycles. The van der Waals surface area contributed by atoms with Gasteiger partial charge in [-0.2, -0.15) is 17.6 Å². The number of anilines is 2. The molecule has 5 N–H and O–H groups in total. The Morgan fingerprint density at radius 2 is 1.58 bits per heavy atom. The molecule has 38 heavy (non-hydrogen) atoms. The van der Waals surface area contributed by atoms with E-state index in [1.165, 1.54) is 18.2 Å². The first-order valence-corrected chi connectivity index (χ1v) is 11.3. The molecule has 0 saturated heterocycles. The lowest BCUT2D eigenvalue weighted by Gasteiger charge is -2.16. The maximum atomic E-state index is 13.0. The van der Waals surface area contributed by atoms with E-state index < -0.39 is 30.2 Å². The summed E-state index contributed by atoms with van der Waals surface area (Å²) in [7, 11) is 0. The minimum atomic E-state index is -4.66. The summed E-state index contributed by atoms with van der Waals surface area (Å²) in [5.74, 6) is -2.29. The lowest BCUT2D eigenvalue weighted by atomic mass is 10.0. The Morgan fingerprint density at radius 3 is 2.16 bits per heavy atom. The lowest BCUT2D eigenvalue weighted by molar-refractivity contribution is -0.253. The largest absolute Gasteiger partial charge is 0.478 e. The topological polar surface area (TPSA) is 125 Å². The van der Waals surface area contributed by atoms with Gasteiger partial charge in [-0.15, -0.1) is 0 Å². The Kier molecular flexibility index (Phi) is 8.95. The van der Waals surface area contributed by atoms with E-state index >= 15 is 0 Å². The Labute approximate surface area is 215 Å². The molecular formula is C27H24F4N2O5. The highest BCUT2D eigenvalue weighted by atomic mass is 19.3. The van der Waals surface area contributed by atoms with Crippen LogP contribution in [0.3, 0.4) is 0 Å². The highest BCUT2D eigenvalue weighted by molar-refractivity contribution is 5.92. The summed E-state index contributed by atoms with van der Waals surface area (Å²) in [4.78, 5) is 24.0. The van der Waals surface area contributed by atoms with Gasteiger partial charge in [0.25, 0.3) is 0 Å². The van der Waals surface area contributed by atoms with Gasteiger partial charge in [0.05, 0.1) is 5.56 Å². The number of hydrogen-bond donors (Lipinski definition) is 3. The van der Waals surface area contributed by atoms with Crippen molar-refractivity contribution < 1.29 is 41.7 Å². The number of carbonyl (C=O) groups is 2. The van der Waals surface area contributed by atoms with Crippen LogP contribution in [0.25, 0.3) is 6.08 Å². The van der Waals surface area contributed by atoms with Crippen LogP contribution < -0.4 is 20.9 Å². The number of nitrogen functional groups attached to an aromatic ring is 2. The fraction of sp³-hybridized carbons (Fsp3) is 0.185. The van der Waals surface area contributed by atoms with Crippen molar-refractivity contribution in [3.05, 3.63) is 89.0 Å². The van der Waals surface area contributed by atoms with Gasteiger partial charge in [0, 0.05) is 16.9 Å². The molecule has 0 bridgehead atoms. The van der Waals surface area contributed by atoms with E-state index in [0.29, 0.717) is 36.2 Å². The number of benzene rings is 3. The molecule has 0 atom stereocenters. The van der Waals surface area contributed by atoms with Gasteiger partial charge in [0.1, 0.15) is 11.5 Å². The zero-order valence-corrected chi connectivity index (χ0v) is 19.9. The predicted octanol–water partition coefficient (Wildman–Crippen LogP) is 5.80. The molecule has 0 spiro atoms. The molecule has 0 aliphatic rings. The third kappa shape index (κ3) is 7.73. The van der Waals surface area contributed by atoms with Crippen molar-refractivity contribution >= 4 is 29.4 Å². The van der Waals surface area contributed by atoms with Crippen molar-refractivity contribution in [3.63, 3.8) is 0 Å². The Hall–Kier alpha value is -4.54. The number of nitrogens with two attached hydrogens (primary N) is 2. The highest BCUT2D eigenvalue weighted by Gasteiger charge is 2.43. The van der Waals surface area contributed by atoms with E-state index in [1.807, 2.05) is 6.07 Å². The van der Waals surface area contributed by atoms with Crippen molar-refractivity contribution in [1.29, 1.82) is 0 Å². The SMILES string of the molecule is Nc1ccc(CCC/C(=C\c2ccc(OC(=O)c3ccc(OC(F)(F)C(F)F)cc3)cc2)C(=O)O)c(N)c1. The van der Waals surface area contributed by atoms with E-state index in [0.717, 1.165) is 29.8 Å². The Balaban J connectivity index is 1.59. The summed E-state index contributed by atoms with van der Waals surface area (Å²) in [6, 6.07) is 15.3. The van der Waals surface area contributed by atoms with Crippen LogP contribution in [0, 0.1) is 0 Å². The number of carboxylic acid groups (broad SMARTS) is 1. The van der Waals surface area contributed by atoms with Gasteiger partial charge in [-0.1, -0.05) is 18.2 Å². The first-order valence-electron chi connectivity index (χ1n) is 11.3. The number of esters is 1. The smallest absolute Gasteiger partial charge is 0.461 e. The van der Waals surface area contributed by atoms with E-state index in [1.54, 1.807) is 24.3 Å². The van der Waals surface area contributed by atoms with Crippen LogP contribution in [0.4, 0.5) is 28.9 Å². The molecule has 3 aromatic carbocycles. The van der Waals surface area contributed by atoms with Crippen LogP contribution in [0.15, 0.2) is 72.3 Å². The van der Waals surface area contributed by atoms with Crippen molar-refractivity contribution in [2.75, 3.05) is 11.5 Å². The second kappa shape index (κ2) is 12.1. The molecule has 0 fully saturated rings. The summed E-state index contributed by atoms with van der Waals surface area (Å²) in [5.41, 5.74) is 14.3. The molecule has 0 saturated carbocycles. The molecule has 11 heteroatoms. The van der Waals surface area contributed by atoms with Crippen LogP contribution in [0.5, 0.6) is 11.5 Å². The van der Waals surface area contributed by atoms with E-state index in [9.17, 15) is 32.3 Å². The van der Waals surface area contributed by atoms with E-state index in [4.69, 9.17) is 16.2 Å². The zero-order chi connectivity index (χ0) is 27.9. The molecule has 200 valence electrons. The number of carboxylic acids is 1. The summed E-state index contributed by atoms with van der Waals surface area (Å²) < 4.78 is 59.6. The number of ether oxygens (including phenoxy) is 2. The maximum absolute atomic E-state index is 13.0. The molecule has 7 nitrogen and oxygen atoms in total. The predicted molar refractivity (Wildman–Crippen MR) is 133 cm³/mol. The number of hydrogen-bond acceptors (Lipinski definition) is 6.